The van der Waals surface area contributed by atoms with E-state index in [1.807, 2.05) is 0 Å². The average molecular weight is 335 g/mol. The molecule has 9 heteroatoms. The minimum Gasteiger partial charge on any atom is -0.342 e. The predicted molar refractivity (Wildman–Crippen MR) is 75.6 cm³/mol. The number of hydrogen-bond acceptors (Lipinski definition) is 4. The molecule has 1 aromatic heterocycles. The van der Waals surface area contributed by atoms with E-state index in [2.05, 4.69) is 16.9 Å². The van der Waals surface area contributed by atoms with Gasteiger partial charge >= 0.3 is 6.18 Å². The molecule has 0 radical (unpaired) electrons. The number of alkyl halides is 3. The van der Waals surface area contributed by atoms with Crippen LogP contribution in [0.25, 0.3) is 0 Å². The Bertz CT molecular complexity index is 595. The van der Waals surface area contributed by atoms with Crippen molar-refractivity contribution in [1.29, 1.82) is 0 Å². The Morgan fingerprint density at radius 3 is 2.68 bits per heavy atom. The van der Waals surface area contributed by atoms with Crippen molar-refractivity contribution in [2.24, 2.45) is 5.92 Å². The van der Waals surface area contributed by atoms with Crippen LogP contribution in [0.5, 0.6) is 0 Å². The van der Waals surface area contributed by atoms with Crippen molar-refractivity contribution in [3.63, 3.8) is 0 Å². The first-order chi connectivity index (χ1) is 10.3. The van der Waals surface area contributed by atoms with Gasteiger partial charge in [-0.05, 0) is 18.8 Å². The van der Waals surface area contributed by atoms with E-state index in [1.165, 1.54) is 0 Å². The van der Waals surface area contributed by atoms with E-state index in [0.717, 1.165) is 24.6 Å². The van der Waals surface area contributed by atoms with E-state index < -0.39 is 17.4 Å². The summed E-state index contributed by atoms with van der Waals surface area (Å²) in [4.78, 5) is 30.5. The number of piperidine rings is 1. The van der Waals surface area contributed by atoms with Crippen LogP contribution in [0.3, 0.4) is 0 Å². The van der Waals surface area contributed by atoms with Crippen LogP contribution in [-0.4, -0.2) is 39.6 Å². The molecule has 0 unspecified atom stereocenters. The van der Waals surface area contributed by atoms with Gasteiger partial charge in [-0.3, -0.25) is 9.59 Å². The molecular weight excluding hydrogens is 319 g/mol. The van der Waals surface area contributed by atoms with Crippen LogP contribution in [0.1, 0.15) is 25.5 Å². The molecule has 5 nitrogen and oxygen atoms in total. The highest BCUT2D eigenvalue weighted by Gasteiger charge is 2.33. The number of aromatic nitrogens is 2. The number of likely N-dealkylation sites (tertiary alicyclic amines) is 1. The number of thioether (sulfide) groups is 1. The quantitative estimate of drug-likeness (QED) is 0.679. The van der Waals surface area contributed by atoms with Crippen LogP contribution >= 0.6 is 11.8 Å². The zero-order chi connectivity index (χ0) is 16.3. The van der Waals surface area contributed by atoms with Crippen molar-refractivity contribution < 1.29 is 18.0 Å². The van der Waals surface area contributed by atoms with Gasteiger partial charge in [0.1, 0.15) is 0 Å². The van der Waals surface area contributed by atoms with E-state index >= 15 is 0 Å². The lowest BCUT2D eigenvalue weighted by atomic mass is 9.99. The van der Waals surface area contributed by atoms with Gasteiger partial charge < -0.3 is 9.88 Å². The van der Waals surface area contributed by atoms with E-state index in [1.54, 1.807) is 4.90 Å². The third kappa shape index (κ3) is 4.49. The summed E-state index contributed by atoms with van der Waals surface area (Å²) in [7, 11) is 0. The van der Waals surface area contributed by atoms with Gasteiger partial charge in [-0.2, -0.15) is 13.2 Å². The van der Waals surface area contributed by atoms with Crippen LogP contribution in [0.4, 0.5) is 13.2 Å². The van der Waals surface area contributed by atoms with Gasteiger partial charge in [0.2, 0.25) is 5.91 Å². The van der Waals surface area contributed by atoms with Crippen molar-refractivity contribution >= 4 is 17.7 Å². The van der Waals surface area contributed by atoms with Crippen molar-refractivity contribution in [3.05, 3.63) is 22.1 Å². The van der Waals surface area contributed by atoms with Gasteiger partial charge in [-0.25, -0.2) is 4.98 Å². The molecule has 0 aromatic carbocycles. The lowest BCUT2D eigenvalue weighted by Crippen LogP contribution is -2.39. The molecule has 1 fully saturated rings. The highest BCUT2D eigenvalue weighted by molar-refractivity contribution is 7.99. The topological polar surface area (TPSA) is 66.1 Å². The molecule has 1 N–H and O–H groups in total. The number of hydrogen-bond donors (Lipinski definition) is 1. The fourth-order valence-electron chi connectivity index (χ4n) is 2.13. The molecule has 1 saturated heterocycles. The largest absolute Gasteiger partial charge is 0.433 e. The Labute approximate surface area is 129 Å². The molecular formula is C13H16F3N3O2S. The Morgan fingerprint density at radius 1 is 1.45 bits per heavy atom. The zero-order valence-corrected chi connectivity index (χ0v) is 12.8. The number of aromatic amines is 1. The highest BCUT2D eigenvalue weighted by atomic mass is 32.2. The maximum atomic E-state index is 12.6. The fraction of sp³-hybridized carbons (Fsp3) is 0.615. The summed E-state index contributed by atoms with van der Waals surface area (Å²) in [6.45, 7) is 3.44. The number of nitrogens with zero attached hydrogens (tertiary/aromatic N) is 2. The van der Waals surface area contributed by atoms with Crippen LogP contribution in [0.15, 0.2) is 16.0 Å². The van der Waals surface area contributed by atoms with Gasteiger partial charge in [0.05, 0.1) is 5.75 Å². The standard InChI is InChI=1S/C13H16F3N3O2S/c1-8-2-4-19(5-3-8)11(21)7-22-12-17-9(13(14,15)16)6-10(20)18-12/h6,8H,2-5,7H2,1H3,(H,17,18,20). The summed E-state index contributed by atoms with van der Waals surface area (Å²) in [5, 5.41) is -0.196. The molecule has 1 aromatic rings. The molecule has 22 heavy (non-hydrogen) atoms. The van der Waals surface area contributed by atoms with Crippen LogP contribution < -0.4 is 5.56 Å². The summed E-state index contributed by atoms with van der Waals surface area (Å²) >= 11 is 0.810. The summed E-state index contributed by atoms with van der Waals surface area (Å²) in [5.41, 5.74) is -2.14. The van der Waals surface area contributed by atoms with E-state index in [9.17, 15) is 22.8 Å². The van der Waals surface area contributed by atoms with Crippen LogP contribution in [-0.2, 0) is 11.0 Å². The fourth-order valence-corrected chi connectivity index (χ4v) is 2.91. The predicted octanol–water partition coefficient (Wildman–Crippen LogP) is 2.14. The second kappa shape index (κ2) is 6.72. The van der Waals surface area contributed by atoms with Crippen LogP contribution in [0.2, 0.25) is 0 Å². The average Bonchev–Trinajstić information content (AvgIpc) is 2.44. The minimum atomic E-state index is -4.68. The number of amides is 1. The third-order valence-corrected chi connectivity index (χ3v) is 4.34. The maximum absolute atomic E-state index is 12.6. The van der Waals surface area contributed by atoms with Crippen molar-refractivity contribution in [2.75, 3.05) is 18.8 Å². The Morgan fingerprint density at radius 2 is 2.09 bits per heavy atom. The van der Waals surface area contributed by atoms with E-state index in [-0.39, 0.29) is 16.8 Å². The normalized spacial score (nSPS) is 16.8. The molecule has 0 atom stereocenters. The summed E-state index contributed by atoms with van der Waals surface area (Å²) in [6.07, 6.45) is -2.83. The zero-order valence-electron chi connectivity index (χ0n) is 11.9. The number of carbonyl (C=O) groups is 1. The summed E-state index contributed by atoms with van der Waals surface area (Å²) in [6, 6.07) is 0.401. The van der Waals surface area contributed by atoms with Gasteiger partial charge in [0, 0.05) is 19.2 Å². The Hall–Kier alpha value is -1.51. The molecule has 0 aliphatic carbocycles. The van der Waals surface area contributed by atoms with Crippen molar-refractivity contribution in [2.45, 2.75) is 31.1 Å². The first-order valence-corrected chi connectivity index (χ1v) is 7.83. The Kier molecular flexibility index (Phi) is 5.15. The molecule has 2 heterocycles. The molecule has 1 aliphatic heterocycles. The van der Waals surface area contributed by atoms with E-state index in [0.29, 0.717) is 25.1 Å². The molecule has 0 saturated carbocycles. The second-order valence-corrected chi connectivity index (χ2v) is 6.25. The molecule has 0 spiro atoms. The number of H-pyrrole nitrogens is 1. The number of nitrogens with one attached hydrogen (secondary N) is 1. The lowest BCUT2D eigenvalue weighted by Gasteiger charge is -2.30. The lowest BCUT2D eigenvalue weighted by molar-refractivity contribution is -0.141. The van der Waals surface area contributed by atoms with Crippen LogP contribution in [0, 0.1) is 5.92 Å². The first kappa shape index (κ1) is 16.9. The van der Waals surface area contributed by atoms with Gasteiger partial charge in [0.15, 0.2) is 10.9 Å². The number of halogens is 3. The first-order valence-electron chi connectivity index (χ1n) is 6.85. The molecule has 1 amide bonds. The monoisotopic (exact) mass is 335 g/mol. The van der Waals surface area contributed by atoms with Gasteiger partial charge in [-0.1, -0.05) is 18.7 Å². The van der Waals surface area contributed by atoms with E-state index in [4.69, 9.17) is 0 Å². The second-order valence-electron chi connectivity index (χ2n) is 5.29. The molecule has 0 bridgehead atoms. The molecule has 1 aliphatic rings. The number of rotatable bonds is 3. The summed E-state index contributed by atoms with van der Waals surface area (Å²) in [5.74, 6) is 0.383. The maximum Gasteiger partial charge on any atom is 0.433 e. The SMILES string of the molecule is CC1CCN(C(=O)CSc2nc(C(F)(F)F)cc(=O)[nH]2)CC1. The van der Waals surface area contributed by atoms with Gasteiger partial charge in [-0.15, -0.1) is 0 Å². The van der Waals surface area contributed by atoms with Gasteiger partial charge in [0.25, 0.3) is 5.56 Å². The Balaban J connectivity index is 1.98. The van der Waals surface area contributed by atoms with Crippen molar-refractivity contribution in [3.8, 4) is 0 Å². The number of carbonyl (C=O) groups excluding carboxylic acids is 1. The summed E-state index contributed by atoms with van der Waals surface area (Å²) < 4.78 is 37.7. The minimum absolute atomic E-state index is 0.0430. The third-order valence-electron chi connectivity index (χ3n) is 3.48. The molecule has 2 rings (SSSR count). The smallest absolute Gasteiger partial charge is 0.342 e. The van der Waals surface area contributed by atoms with Crippen molar-refractivity contribution in [1.82, 2.24) is 14.9 Å². The molecule has 122 valence electrons. The highest BCUT2D eigenvalue weighted by Crippen LogP contribution is 2.27.